The maximum atomic E-state index is 12.3. The van der Waals surface area contributed by atoms with Crippen LogP contribution in [-0.2, 0) is 0 Å². The number of alkyl halides is 3. The number of likely N-dealkylation sites (tertiary alicyclic amines) is 1. The Balaban J connectivity index is 1.33. The van der Waals surface area contributed by atoms with E-state index < -0.39 is 17.0 Å². The van der Waals surface area contributed by atoms with E-state index >= 15 is 0 Å². The highest BCUT2D eigenvalue weighted by atomic mass is 19.4. The van der Waals surface area contributed by atoms with Gasteiger partial charge in [-0.25, -0.2) is 0 Å². The third-order valence-electron chi connectivity index (χ3n) is 5.94. The van der Waals surface area contributed by atoms with Gasteiger partial charge in [-0.1, -0.05) is 0 Å². The van der Waals surface area contributed by atoms with Crippen molar-refractivity contribution >= 4 is 11.5 Å². The summed E-state index contributed by atoms with van der Waals surface area (Å²) in [6, 6.07) is 5.91. The maximum absolute atomic E-state index is 12.3. The number of nitrogens with one attached hydrogen (secondary N) is 1. The quantitative estimate of drug-likeness (QED) is 0.555. The number of benzene rings is 1. The van der Waals surface area contributed by atoms with Crippen molar-refractivity contribution in [3.8, 4) is 11.8 Å². The van der Waals surface area contributed by atoms with Crippen molar-refractivity contribution in [1.29, 1.82) is 0 Å². The molecule has 3 heterocycles. The van der Waals surface area contributed by atoms with Crippen molar-refractivity contribution in [3.05, 3.63) is 40.6 Å². The summed E-state index contributed by atoms with van der Waals surface area (Å²) in [6.45, 7) is 5.34. The molecule has 2 atom stereocenters. The Labute approximate surface area is 175 Å². The van der Waals surface area contributed by atoms with Crippen LogP contribution >= 0.6 is 0 Å². The lowest BCUT2D eigenvalue weighted by Gasteiger charge is -2.43. The van der Waals surface area contributed by atoms with Crippen molar-refractivity contribution in [1.82, 2.24) is 14.5 Å². The van der Waals surface area contributed by atoms with E-state index in [1.807, 2.05) is 13.8 Å². The van der Waals surface area contributed by atoms with Gasteiger partial charge in [0.1, 0.15) is 11.9 Å². The third kappa shape index (κ3) is 4.24. The molecule has 1 N–H and O–H groups in total. The molecule has 2 aliphatic heterocycles. The zero-order valence-electron chi connectivity index (χ0n) is 16.9. The van der Waals surface area contributed by atoms with Crippen LogP contribution in [0.15, 0.2) is 30.5 Å². The molecule has 1 aromatic carbocycles. The average molecular weight is 441 g/mol. The summed E-state index contributed by atoms with van der Waals surface area (Å²) in [6.07, 6.45) is -1.71. The zero-order chi connectivity index (χ0) is 22.4. The highest BCUT2D eigenvalue weighted by Crippen LogP contribution is 2.42. The molecule has 1 saturated heterocycles. The molecule has 168 valence electrons. The molecule has 1 aromatic heterocycles. The zero-order valence-corrected chi connectivity index (χ0v) is 16.9. The molecule has 9 nitrogen and oxygen atoms in total. The standard InChI is InChI=1S/C19H22F3N5O4/c1-12-18(2,31-17-24-16(27(28)29)11-26(12)17)25-9-7-14(8-10-25)23-13-3-5-15(6-4-13)30-19(20,21)22/h3-6,11-12,14,23H,7-10H2,1-2H3. The number of fused-ring (bicyclic) bond motifs is 1. The van der Waals surface area contributed by atoms with E-state index in [0.29, 0.717) is 0 Å². The predicted octanol–water partition coefficient (Wildman–Crippen LogP) is 3.94. The molecular weight excluding hydrogens is 419 g/mol. The number of imidazole rings is 1. The van der Waals surface area contributed by atoms with Gasteiger partial charge in [-0.3, -0.25) is 9.47 Å². The van der Waals surface area contributed by atoms with E-state index in [1.165, 1.54) is 18.3 Å². The predicted molar refractivity (Wildman–Crippen MR) is 104 cm³/mol. The topological polar surface area (TPSA) is 94.7 Å². The number of hydrogen-bond acceptors (Lipinski definition) is 7. The van der Waals surface area contributed by atoms with Gasteiger partial charge in [-0.2, -0.15) is 0 Å². The number of nitrogens with zero attached hydrogens (tertiary/aromatic N) is 4. The Morgan fingerprint density at radius 1 is 1.29 bits per heavy atom. The first kappa shape index (κ1) is 21.2. The number of rotatable bonds is 5. The van der Waals surface area contributed by atoms with Crippen LogP contribution in [0.5, 0.6) is 11.8 Å². The minimum absolute atomic E-state index is 0.157. The van der Waals surface area contributed by atoms with Crippen LogP contribution in [0.3, 0.4) is 0 Å². The number of nitro groups is 1. The number of halogens is 3. The normalized spacial score (nSPS) is 24.5. The molecule has 1 fully saturated rings. The lowest BCUT2D eigenvalue weighted by atomic mass is 9.98. The summed E-state index contributed by atoms with van der Waals surface area (Å²) in [5.41, 5.74) is 0.0519. The Kier molecular flexibility index (Phi) is 5.20. The second-order valence-corrected chi connectivity index (χ2v) is 7.86. The molecule has 2 aromatic rings. The van der Waals surface area contributed by atoms with Crippen LogP contribution in [0.1, 0.15) is 32.7 Å². The van der Waals surface area contributed by atoms with Crippen molar-refractivity contribution < 1.29 is 27.6 Å². The lowest BCUT2D eigenvalue weighted by molar-refractivity contribution is -0.389. The summed E-state index contributed by atoms with van der Waals surface area (Å²) < 4.78 is 48.4. The summed E-state index contributed by atoms with van der Waals surface area (Å²) >= 11 is 0. The fourth-order valence-corrected chi connectivity index (χ4v) is 4.12. The Hall–Kier alpha value is -3.02. The molecule has 0 amide bonds. The van der Waals surface area contributed by atoms with Gasteiger partial charge in [0.25, 0.3) is 0 Å². The van der Waals surface area contributed by atoms with Gasteiger partial charge in [0, 0.05) is 29.8 Å². The first-order valence-corrected chi connectivity index (χ1v) is 9.85. The SMILES string of the molecule is CC1n2cc([N+](=O)[O-])nc2OC1(C)N1CCC(Nc2ccc(OC(F)(F)F)cc2)CC1. The number of aromatic nitrogens is 2. The van der Waals surface area contributed by atoms with E-state index in [4.69, 9.17) is 4.74 Å². The first-order valence-electron chi connectivity index (χ1n) is 9.85. The van der Waals surface area contributed by atoms with Gasteiger partial charge in [0.05, 0.1) is 6.04 Å². The molecular formula is C19H22F3N5O4. The Morgan fingerprint density at radius 2 is 1.94 bits per heavy atom. The largest absolute Gasteiger partial charge is 0.573 e. The van der Waals surface area contributed by atoms with Crippen LogP contribution in [0.2, 0.25) is 0 Å². The fraction of sp³-hybridized carbons (Fsp3) is 0.526. The van der Waals surface area contributed by atoms with E-state index in [9.17, 15) is 23.3 Å². The number of anilines is 1. The number of hydrogen-bond donors (Lipinski definition) is 1. The third-order valence-corrected chi connectivity index (χ3v) is 5.94. The van der Waals surface area contributed by atoms with E-state index in [0.717, 1.165) is 31.6 Å². The van der Waals surface area contributed by atoms with Crippen LogP contribution in [0.25, 0.3) is 0 Å². The Bertz CT molecular complexity index is 956. The van der Waals surface area contributed by atoms with Crippen LogP contribution in [0, 0.1) is 10.1 Å². The minimum atomic E-state index is -4.71. The lowest BCUT2D eigenvalue weighted by Crippen LogP contribution is -2.56. The van der Waals surface area contributed by atoms with Gasteiger partial charge in [-0.05, 0) is 55.9 Å². The fourth-order valence-electron chi connectivity index (χ4n) is 4.12. The molecule has 0 bridgehead atoms. The molecule has 0 aliphatic carbocycles. The molecule has 4 rings (SSSR count). The number of piperidine rings is 1. The molecule has 2 aliphatic rings. The molecule has 0 saturated carbocycles. The summed E-state index contributed by atoms with van der Waals surface area (Å²) in [5.74, 6) is -0.496. The van der Waals surface area contributed by atoms with E-state index in [-0.39, 0.29) is 29.7 Å². The van der Waals surface area contributed by atoms with Gasteiger partial charge in [0.15, 0.2) is 5.72 Å². The smallest absolute Gasteiger partial charge is 0.422 e. The van der Waals surface area contributed by atoms with Crippen molar-refractivity contribution in [3.63, 3.8) is 0 Å². The minimum Gasteiger partial charge on any atom is -0.422 e. The highest BCUT2D eigenvalue weighted by molar-refractivity contribution is 5.47. The van der Waals surface area contributed by atoms with Crippen molar-refractivity contribution in [2.24, 2.45) is 0 Å². The van der Waals surface area contributed by atoms with E-state index in [1.54, 1.807) is 16.7 Å². The maximum Gasteiger partial charge on any atom is 0.573 e. The molecule has 0 radical (unpaired) electrons. The van der Waals surface area contributed by atoms with Crippen LogP contribution < -0.4 is 14.8 Å². The summed E-state index contributed by atoms with van der Waals surface area (Å²) in [4.78, 5) is 16.5. The van der Waals surface area contributed by atoms with E-state index in [2.05, 4.69) is 19.9 Å². The van der Waals surface area contributed by atoms with Gasteiger partial charge in [0.2, 0.25) is 0 Å². The monoisotopic (exact) mass is 441 g/mol. The van der Waals surface area contributed by atoms with Gasteiger partial charge in [-0.15, -0.1) is 13.2 Å². The van der Waals surface area contributed by atoms with Gasteiger partial charge >= 0.3 is 18.2 Å². The summed E-state index contributed by atoms with van der Waals surface area (Å²) in [5, 5.41) is 14.3. The van der Waals surface area contributed by atoms with Crippen molar-refractivity contribution in [2.45, 2.75) is 50.9 Å². The average Bonchev–Trinajstić information content (AvgIpc) is 3.21. The molecule has 31 heavy (non-hydrogen) atoms. The van der Waals surface area contributed by atoms with Crippen LogP contribution in [-0.4, -0.2) is 50.6 Å². The highest BCUT2D eigenvalue weighted by Gasteiger charge is 2.51. The summed E-state index contributed by atoms with van der Waals surface area (Å²) in [7, 11) is 0. The van der Waals surface area contributed by atoms with Crippen LogP contribution in [0.4, 0.5) is 24.7 Å². The molecule has 0 spiro atoms. The Morgan fingerprint density at radius 3 is 2.48 bits per heavy atom. The molecule has 2 unspecified atom stereocenters. The van der Waals surface area contributed by atoms with Gasteiger partial charge < -0.3 is 24.9 Å². The number of ether oxygens (including phenoxy) is 2. The second-order valence-electron chi connectivity index (χ2n) is 7.86. The molecule has 12 heteroatoms. The first-order chi connectivity index (χ1) is 14.5. The van der Waals surface area contributed by atoms with Crippen molar-refractivity contribution in [2.75, 3.05) is 18.4 Å². The second kappa shape index (κ2) is 7.59.